The highest BCUT2D eigenvalue weighted by atomic mass is 16.5. The molecule has 0 aromatic heterocycles. The lowest BCUT2D eigenvalue weighted by Gasteiger charge is -2.26. The predicted molar refractivity (Wildman–Crippen MR) is 83.9 cm³/mol. The molecule has 0 bridgehead atoms. The highest BCUT2D eigenvalue weighted by Crippen LogP contribution is 2.38. The van der Waals surface area contributed by atoms with Crippen LogP contribution in [0, 0.1) is 0 Å². The van der Waals surface area contributed by atoms with Crippen LogP contribution >= 0.6 is 0 Å². The van der Waals surface area contributed by atoms with Crippen LogP contribution in [0.15, 0.2) is 42.5 Å². The Balaban J connectivity index is 1.85. The quantitative estimate of drug-likeness (QED) is 0.932. The third kappa shape index (κ3) is 2.88. The van der Waals surface area contributed by atoms with E-state index in [0.717, 1.165) is 30.0 Å². The van der Waals surface area contributed by atoms with Gasteiger partial charge in [-0.1, -0.05) is 36.4 Å². The number of rotatable bonds is 4. The maximum atomic E-state index is 5.97. The first-order valence-electron chi connectivity index (χ1n) is 7.39. The summed E-state index contributed by atoms with van der Waals surface area (Å²) in [7, 11) is 1.72. The molecule has 1 N–H and O–H groups in total. The topological polar surface area (TPSA) is 30.5 Å². The Morgan fingerprint density at radius 2 is 1.95 bits per heavy atom. The third-order valence-electron chi connectivity index (χ3n) is 3.99. The molecule has 110 valence electrons. The van der Waals surface area contributed by atoms with Crippen LogP contribution < -0.4 is 14.8 Å². The van der Waals surface area contributed by atoms with Crippen molar-refractivity contribution in [2.24, 2.45) is 0 Å². The number of hydrogen-bond acceptors (Lipinski definition) is 3. The molecule has 2 aromatic carbocycles. The molecule has 0 saturated heterocycles. The van der Waals surface area contributed by atoms with Gasteiger partial charge in [-0.2, -0.15) is 0 Å². The summed E-state index contributed by atoms with van der Waals surface area (Å²) in [6.45, 7) is 3.72. The van der Waals surface area contributed by atoms with Gasteiger partial charge in [0.1, 0.15) is 6.61 Å². The van der Waals surface area contributed by atoms with E-state index < -0.39 is 0 Å². The van der Waals surface area contributed by atoms with E-state index in [1.165, 1.54) is 11.1 Å². The lowest BCUT2D eigenvalue weighted by Crippen LogP contribution is -2.28. The van der Waals surface area contributed by atoms with E-state index >= 15 is 0 Å². The fourth-order valence-electron chi connectivity index (χ4n) is 2.88. The normalized spacial score (nSPS) is 17.1. The van der Waals surface area contributed by atoms with Gasteiger partial charge in [0.25, 0.3) is 0 Å². The fraction of sp³-hybridized carbons (Fsp3) is 0.333. The lowest BCUT2D eigenvalue weighted by atomic mass is 9.94. The van der Waals surface area contributed by atoms with Crippen molar-refractivity contribution in [1.29, 1.82) is 0 Å². The number of benzene rings is 2. The maximum Gasteiger partial charge on any atom is 0.164 e. The van der Waals surface area contributed by atoms with E-state index in [2.05, 4.69) is 30.4 Å². The Morgan fingerprint density at radius 3 is 2.71 bits per heavy atom. The molecule has 0 saturated carbocycles. The number of ether oxygens (including phenoxy) is 2. The predicted octanol–water partition coefficient (Wildman–Crippen LogP) is 3.48. The Morgan fingerprint density at radius 1 is 1.14 bits per heavy atom. The van der Waals surface area contributed by atoms with Gasteiger partial charge in [-0.05, 0) is 37.1 Å². The molecule has 1 atom stereocenters. The van der Waals surface area contributed by atoms with Crippen molar-refractivity contribution in [1.82, 2.24) is 5.32 Å². The molecule has 21 heavy (non-hydrogen) atoms. The van der Waals surface area contributed by atoms with Crippen LogP contribution in [-0.4, -0.2) is 13.7 Å². The third-order valence-corrected chi connectivity index (χ3v) is 3.99. The summed E-state index contributed by atoms with van der Waals surface area (Å²) in [4.78, 5) is 0. The minimum Gasteiger partial charge on any atom is -0.493 e. The van der Waals surface area contributed by atoms with Crippen molar-refractivity contribution in [3.8, 4) is 11.5 Å². The second-order valence-corrected chi connectivity index (χ2v) is 5.36. The van der Waals surface area contributed by atoms with E-state index in [9.17, 15) is 0 Å². The second kappa shape index (κ2) is 6.19. The average molecular weight is 283 g/mol. The summed E-state index contributed by atoms with van der Waals surface area (Å²) in [6.07, 6.45) is 0.978. The van der Waals surface area contributed by atoms with Gasteiger partial charge in [-0.15, -0.1) is 0 Å². The van der Waals surface area contributed by atoms with Gasteiger partial charge < -0.3 is 14.8 Å². The largest absolute Gasteiger partial charge is 0.493 e. The average Bonchev–Trinajstić information content (AvgIpc) is 2.53. The van der Waals surface area contributed by atoms with Crippen LogP contribution in [0.2, 0.25) is 0 Å². The molecular formula is C18H21NO2. The summed E-state index contributed by atoms with van der Waals surface area (Å²) in [6, 6.07) is 14.7. The number of nitrogens with one attached hydrogen (secondary N) is 1. The van der Waals surface area contributed by atoms with Crippen LogP contribution in [0.4, 0.5) is 0 Å². The molecule has 3 nitrogen and oxygen atoms in total. The van der Waals surface area contributed by atoms with Gasteiger partial charge in [-0.25, -0.2) is 0 Å². The molecule has 1 unspecified atom stereocenters. The Kier molecular flexibility index (Phi) is 4.11. The van der Waals surface area contributed by atoms with E-state index in [1.807, 2.05) is 24.3 Å². The summed E-state index contributed by atoms with van der Waals surface area (Å²) in [5.74, 6) is 1.71. The first-order valence-corrected chi connectivity index (χ1v) is 7.39. The molecule has 0 fully saturated rings. The molecule has 0 aliphatic carbocycles. The molecule has 0 radical (unpaired) electrons. The smallest absolute Gasteiger partial charge is 0.164 e. The lowest BCUT2D eigenvalue weighted by molar-refractivity contribution is 0.282. The van der Waals surface area contributed by atoms with Crippen molar-refractivity contribution in [3.63, 3.8) is 0 Å². The van der Waals surface area contributed by atoms with Crippen LogP contribution in [-0.2, 0) is 13.0 Å². The first kappa shape index (κ1) is 14.0. The van der Waals surface area contributed by atoms with Gasteiger partial charge in [-0.3, -0.25) is 0 Å². The number of hydrogen-bond donors (Lipinski definition) is 1. The molecule has 1 aliphatic rings. The van der Waals surface area contributed by atoms with Gasteiger partial charge in [0, 0.05) is 11.6 Å². The summed E-state index contributed by atoms with van der Waals surface area (Å²) < 4.78 is 11.6. The van der Waals surface area contributed by atoms with Gasteiger partial charge in [0.15, 0.2) is 11.5 Å². The molecule has 3 rings (SSSR count). The number of methoxy groups -OCH3 is 1. The standard InChI is InChI=1S/C18H21NO2/c1-13-15-8-9-17(18(20-2)16(15)10-11-19-13)21-12-14-6-4-3-5-7-14/h3-9,13,19H,10-12H2,1-2H3. The zero-order valence-corrected chi connectivity index (χ0v) is 12.6. The van der Waals surface area contributed by atoms with Crippen molar-refractivity contribution in [3.05, 3.63) is 59.2 Å². The van der Waals surface area contributed by atoms with Crippen molar-refractivity contribution in [2.45, 2.75) is 26.0 Å². The van der Waals surface area contributed by atoms with Gasteiger partial charge in [0.2, 0.25) is 0 Å². The minimum absolute atomic E-state index is 0.367. The fourth-order valence-corrected chi connectivity index (χ4v) is 2.88. The van der Waals surface area contributed by atoms with Crippen LogP contribution in [0.5, 0.6) is 11.5 Å². The van der Waals surface area contributed by atoms with Crippen LogP contribution in [0.25, 0.3) is 0 Å². The van der Waals surface area contributed by atoms with Crippen molar-refractivity contribution in [2.75, 3.05) is 13.7 Å². The van der Waals surface area contributed by atoms with Gasteiger partial charge in [0.05, 0.1) is 7.11 Å². The Bertz CT molecular complexity index is 610. The monoisotopic (exact) mass is 283 g/mol. The molecule has 3 heteroatoms. The van der Waals surface area contributed by atoms with E-state index in [1.54, 1.807) is 7.11 Å². The molecular weight excluding hydrogens is 262 g/mol. The van der Waals surface area contributed by atoms with Crippen LogP contribution in [0.1, 0.15) is 29.7 Å². The van der Waals surface area contributed by atoms with Crippen LogP contribution in [0.3, 0.4) is 0 Å². The molecule has 1 aliphatic heterocycles. The highest BCUT2D eigenvalue weighted by Gasteiger charge is 2.22. The number of fused-ring (bicyclic) bond motifs is 1. The Hall–Kier alpha value is -2.00. The van der Waals surface area contributed by atoms with E-state index in [0.29, 0.717) is 12.6 Å². The highest BCUT2D eigenvalue weighted by molar-refractivity contribution is 5.52. The van der Waals surface area contributed by atoms with E-state index in [4.69, 9.17) is 9.47 Å². The summed E-state index contributed by atoms with van der Waals surface area (Å²) >= 11 is 0. The van der Waals surface area contributed by atoms with E-state index in [-0.39, 0.29) is 0 Å². The van der Waals surface area contributed by atoms with Crippen molar-refractivity contribution < 1.29 is 9.47 Å². The summed E-state index contributed by atoms with van der Waals surface area (Å²) in [5.41, 5.74) is 3.74. The van der Waals surface area contributed by atoms with Gasteiger partial charge >= 0.3 is 0 Å². The molecule has 0 amide bonds. The second-order valence-electron chi connectivity index (χ2n) is 5.36. The molecule has 2 aromatic rings. The SMILES string of the molecule is COc1c(OCc2ccccc2)ccc2c1CCNC2C. The zero-order valence-electron chi connectivity index (χ0n) is 12.6. The summed E-state index contributed by atoms with van der Waals surface area (Å²) in [5, 5.41) is 3.47. The first-order chi connectivity index (χ1) is 10.3. The van der Waals surface area contributed by atoms with Crippen molar-refractivity contribution >= 4 is 0 Å². The molecule has 1 heterocycles. The maximum absolute atomic E-state index is 5.97. The Labute approximate surface area is 125 Å². The zero-order chi connectivity index (χ0) is 14.7. The molecule has 0 spiro atoms. The minimum atomic E-state index is 0.367.